The van der Waals surface area contributed by atoms with Crippen LogP contribution in [0, 0.1) is 0 Å². The van der Waals surface area contributed by atoms with Gasteiger partial charge in [0.2, 0.25) is 5.91 Å². The van der Waals surface area contributed by atoms with Crippen LogP contribution in [0.5, 0.6) is 5.75 Å². The highest BCUT2D eigenvalue weighted by molar-refractivity contribution is 7.93. The summed E-state index contributed by atoms with van der Waals surface area (Å²) in [7, 11) is -2.32. The van der Waals surface area contributed by atoms with Crippen LogP contribution in [-0.2, 0) is 14.6 Å². The third kappa shape index (κ3) is 3.31. The number of benzene rings is 2. The smallest absolute Gasteiger partial charge is 0.246 e. The summed E-state index contributed by atoms with van der Waals surface area (Å²) in [5, 5.41) is 3.21. The average Bonchev–Trinajstić information content (AvgIpc) is 3.14. The van der Waals surface area contributed by atoms with Crippen LogP contribution in [0.4, 0.5) is 5.69 Å². The van der Waals surface area contributed by atoms with E-state index in [0.29, 0.717) is 42.1 Å². The van der Waals surface area contributed by atoms with Gasteiger partial charge in [0, 0.05) is 16.8 Å². The number of halogens is 1. The molecule has 2 aromatic carbocycles. The minimum absolute atomic E-state index is 0.115. The normalized spacial score (nSPS) is 16.2. The molecule has 0 saturated heterocycles. The molecular weight excluding hydrogens is 374 g/mol. The summed E-state index contributed by atoms with van der Waals surface area (Å²) in [5.41, 5.74) is 0.506. The zero-order valence-electron chi connectivity index (χ0n) is 14.4. The van der Waals surface area contributed by atoms with Crippen LogP contribution >= 0.6 is 11.6 Å². The van der Waals surface area contributed by atoms with Gasteiger partial charge in [0.1, 0.15) is 5.75 Å². The third-order valence-corrected chi connectivity index (χ3v) is 7.56. The lowest BCUT2D eigenvalue weighted by Gasteiger charge is -2.27. The van der Waals surface area contributed by atoms with Crippen molar-refractivity contribution in [3.8, 4) is 5.75 Å². The van der Waals surface area contributed by atoms with Crippen molar-refractivity contribution in [2.75, 3.05) is 12.4 Å². The quantitative estimate of drug-likeness (QED) is 0.830. The summed E-state index contributed by atoms with van der Waals surface area (Å²) in [4.78, 5) is 13.2. The Bertz CT molecular complexity index is 903. The SMILES string of the molecule is COc1cccc(NC(=O)C2(S(=O)(=O)c3ccc(Cl)cc3)CCCC2)c1. The molecule has 0 spiro atoms. The molecule has 26 heavy (non-hydrogen) atoms. The molecule has 0 atom stereocenters. The van der Waals surface area contributed by atoms with E-state index in [0.717, 1.165) is 0 Å². The lowest BCUT2D eigenvalue weighted by Crippen LogP contribution is -2.47. The van der Waals surface area contributed by atoms with E-state index in [2.05, 4.69) is 5.32 Å². The van der Waals surface area contributed by atoms with Gasteiger partial charge in [-0.05, 0) is 49.2 Å². The number of anilines is 1. The van der Waals surface area contributed by atoms with Crippen molar-refractivity contribution in [1.82, 2.24) is 0 Å². The second-order valence-electron chi connectivity index (χ2n) is 6.34. The summed E-state index contributed by atoms with van der Waals surface area (Å²) in [6.07, 6.45) is 1.98. The number of sulfone groups is 1. The highest BCUT2D eigenvalue weighted by Crippen LogP contribution is 2.41. The van der Waals surface area contributed by atoms with Crippen molar-refractivity contribution in [3.05, 3.63) is 53.6 Å². The maximum atomic E-state index is 13.3. The maximum Gasteiger partial charge on any atom is 0.246 e. The average molecular weight is 394 g/mol. The molecule has 0 aromatic heterocycles. The van der Waals surface area contributed by atoms with Gasteiger partial charge in [0.15, 0.2) is 14.6 Å². The lowest BCUT2D eigenvalue weighted by atomic mass is 10.1. The molecule has 0 bridgehead atoms. The Hall–Kier alpha value is -2.05. The van der Waals surface area contributed by atoms with E-state index >= 15 is 0 Å². The molecule has 0 heterocycles. The highest BCUT2D eigenvalue weighted by Gasteiger charge is 2.52. The number of amides is 1. The van der Waals surface area contributed by atoms with Crippen LogP contribution in [0.2, 0.25) is 5.02 Å². The Labute approximate surface area is 158 Å². The van der Waals surface area contributed by atoms with E-state index in [4.69, 9.17) is 16.3 Å². The van der Waals surface area contributed by atoms with Crippen molar-refractivity contribution in [2.24, 2.45) is 0 Å². The molecule has 0 aliphatic heterocycles. The molecule has 2 aromatic rings. The molecule has 3 rings (SSSR count). The molecule has 1 amide bonds. The number of hydrogen-bond donors (Lipinski definition) is 1. The molecule has 1 fully saturated rings. The van der Waals surface area contributed by atoms with Crippen LogP contribution in [-0.4, -0.2) is 26.2 Å². The van der Waals surface area contributed by atoms with Gasteiger partial charge in [-0.15, -0.1) is 0 Å². The second kappa shape index (κ2) is 7.29. The fourth-order valence-electron chi connectivity index (χ4n) is 3.35. The fraction of sp³-hybridized carbons (Fsp3) is 0.316. The monoisotopic (exact) mass is 393 g/mol. The van der Waals surface area contributed by atoms with Gasteiger partial charge >= 0.3 is 0 Å². The van der Waals surface area contributed by atoms with Gasteiger partial charge in [-0.1, -0.05) is 30.5 Å². The Kier molecular flexibility index (Phi) is 5.25. The Morgan fingerprint density at radius 1 is 1.12 bits per heavy atom. The molecule has 1 N–H and O–H groups in total. The topological polar surface area (TPSA) is 72.5 Å². The Balaban J connectivity index is 1.96. The first-order valence-corrected chi connectivity index (χ1v) is 10.2. The largest absolute Gasteiger partial charge is 0.497 e. The molecule has 1 saturated carbocycles. The molecular formula is C19H20ClNO4S. The molecule has 1 aliphatic rings. The predicted octanol–water partition coefficient (Wildman–Crippen LogP) is 4.07. The van der Waals surface area contributed by atoms with Crippen molar-refractivity contribution < 1.29 is 17.9 Å². The second-order valence-corrected chi connectivity index (χ2v) is 9.04. The minimum Gasteiger partial charge on any atom is -0.497 e. The van der Waals surface area contributed by atoms with Gasteiger partial charge in [-0.25, -0.2) is 8.42 Å². The van der Waals surface area contributed by atoms with Crippen molar-refractivity contribution in [1.29, 1.82) is 0 Å². The molecule has 1 aliphatic carbocycles. The maximum absolute atomic E-state index is 13.3. The van der Waals surface area contributed by atoms with E-state index in [1.54, 1.807) is 24.3 Å². The third-order valence-electron chi connectivity index (χ3n) is 4.79. The van der Waals surface area contributed by atoms with Crippen molar-refractivity contribution in [2.45, 2.75) is 35.3 Å². The molecule has 7 heteroatoms. The van der Waals surface area contributed by atoms with Crippen LogP contribution in [0.25, 0.3) is 0 Å². The standard InChI is InChI=1S/C19H20ClNO4S/c1-25-16-6-4-5-15(13-16)21-18(22)19(11-2-3-12-19)26(23,24)17-9-7-14(20)8-10-17/h4-10,13H,2-3,11-12H2,1H3,(H,21,22). The number of carbonyl (C=O) groups excluding carboxylic acids is 1. The van der Waals surface area contributed by atoms with E-state index in [1.165, 1.54) is 31.4 Å². The van der Waals surface area contributed by atoms with Crippen LogP contribution in [0.15, 0.2) is 53.4 Å². The molecule has 5 nitrogen and oxygen atoms in total. The zero-order chi connectivity index (χ0) is 18.8. The van der Waals surface area contributed by atoms with E-state index in [1.807, 2.05) is 0 Å². The van der Waals surface area contributed by atoms with Gasteiger partial charge < -0.3 is 10.1 Å². The highest BCUT2D eigenvalue weighted by atomic mass is 35.5. The van der Waals surface area contributed by atoms with Crippen molar-refractivity contribution in [3.63, 3.8) is 0 Å². The molecule has 0 radical (unpaired) electrons. The summed E-state index contributed by atoms with van der Waals surface area (Å²) >= 11 is 5.87. The fourth-order valence-corrected chi connectivity index (χ4v) is 5.54. The van der Waals surface area contributed by atoms with Gasteiger partial charge in [0.05, 0.1) is 12.0 Å². The number of carbonyl (C=O) groups is 1. The Morgan fingerprint density at radius 3 is 2.38 bits per heavy atom. The lowest BCUT2D eigenvalue weighted by molar-refractivity contribution is -0.118. The van der Waals surface area contributed by atoms with Crippen molar-refractivity contribution >= 4 is 33.0 Å². The van der Waals surface area contributed by atoms with Crippen LogP contribution in [0.3, 0.4) is 0 Å². The number of hydrogen-bond acceptors (Lipinski definition) is 4. The minimum atomic E-state index is -3.85. The molecule has 138 valence electrons. The summed E-state index contributed by atoms with van der Waals surface area (Å²) < 4.78 is 30.3. The first-order valence-electron chi connectivity index (χ1n) is 8.35. The first kappa shape index (κ1) is 18.7. The predicted molar refractivity (Wildman–Crippen MR) is 101 cm³/mol. The van der Waals surface area contributed by atoms with Gasteiger partial charge in [-0.2, -0.15) is 0 Å². The number of ether oxygens (including phenoxy) is 1. The van der Waals surface area contributed by atoms with Gasteiger partial charge in [-0.3, -0.25) is 4.79 Å². The summed E-state index contributed by atoms with van der Waals surface area (Å²) in [5.74, 6) is 0.0852. The van der Waals surface area contributed by atoms with Crippen LogP contribution < -0.4 is 10.1 Å². The number of rotatable bonds is 5. The van der Waals surface area contributed by atoms with E-state index in [-0.39, 0.29) is 4.90 Å². The summed E-state index contributed by atoms with van der Waals surface area (Å²) in [6, 6.07) is 12.8. The van der Waals surface area contributed by atoms with E-state index < -0.39 is 20.5 Å². The first-order chi connectivity index (χ1) is 12.4. The molecule has 0 unspecified atom stereocenters. The summed E-state index contributed by atoms with van der Waals surface area (Å²) in [6.45, 7) is 0. The zero-order valence-corrected chi connectivity index (χ0v) is 15.9. The van der Waals surface area contributed by atoms with Gasteiger partial charge in [0.25, 0.3) is 0 Å². The number of nitrogens with one attached hydrogen (secondary N) is 1. The van der Waals surface area contributed by atoms with E-state index in [9.17, 15) is 13.2 Å². The Morgan fingerprint density at radius 2 is 1.77 bits per heavy atom. The van der Waals surface area contributed by atoms with Crippen LogP contribution in [0.1, 0.15) is 25.7 Å². The number of methoxy groups -OCH3 is 1.